The van der Waals surface area contributed by atoms with Crippen molar-refractivity contribution in [2.24, 2.45) is 0 Å². The molecule has 3 nitrogen and oxygen atoms in total. The first-order valence-electron chi connectivity index (χ1n) is 5.04. The second-order valence-corrected chi connectivity index (χ2v) is 7.31. The maximum absolute atomic E-state index is 13.0. The van der Waals surface area contributed by atoms with Crippen LogP contribution in [0.15, 0.2) is 23.1 Å². The summed E-state index contributed by atoms with van der Waals surface area (Å²) in [5.74, 6) is -0.515. The van der Waals surface area contributed by atoms with Gasteiger partial charge in [-0.05, 0) is 43.4 Å². The van der Waals surface area contributed by atoms with Crippen molar-refractivity contribution in [1.29, 1.82) is 0 Å². The van der Waals surface area contributed by atoms with Crippen LogP contribution in [0.5, 0.6) is 0 Å². The van der Waals surface area contributed by atoms with Gasteiger partial charge in [0.2, 0.25) is 0 Å². The largest absolute Gasteiger partial charge is 0.393 e. The van der Waals surface area contributed by atoms with E-state index >= 15 is 0 Å². The Morgan fingerprint density at radius 2 is 1.94 bits per heavy atom. The van der Waals surface area contributed by atoms with Gasteiger partial charge in [0.1, 0.15) is 5.82 Å². The van der Waals surface area contributed by atoms with E-state index in [-0.39, 0.29) is 18.2 Å². The van der Waals surface area contributed by atoms with Gasteiger partial charge in [0.15, 0.2) is 0 Å². The molecule has 0 aliphatic heterocycles. The summed E-state index contributed by atoms with van der Waals surface area (Å²) >= 11 is 6.56. The van der Waals surface area contributed by atoms with E-state index in [0.717, 1.165) is 11.4 Å². The highest BCUT2D eigenvalue weighted by molar-refractivity contribution is 8.55. The summed E-state index contributed by atoms with van der Waals surface area (Å²) in [7, 11) is 0. The second kappa shape index (κ2) is 6.76. The molecule has 0 atom stereocenters. The Kier molecular flexibility index (Phi) is 5.97. The lowest BCUT2D eigenvalue weighted by atomic mass is 10.3. The lowest BCUT2D eigenvalue weighted by Gasteiger charge is -2.15. The van der Waals surface area contributed by atoms with Crippen LogP contribution in [0.1, 0.15) is 13.8 Å². The van der Waals surface area contributed by atoms with Crippen molar-refractivity contribution in [3.8, 4) is 0 Å². The molecule has 0 aromatic heterocycles. The minimum atomic E-state index is -3.24. The first-order chi connectivity index (χ1) is 8.00. The molecule has 0 radical (unpaired) electrons. The highest BCUT2D eigenvalue weighted by atomic mass is 35.5. The van der Waals surface area contributed by atoms with Crippen LogP contribution in [0.2, 0.25) is 5.02 Å². The molecule has 0 saturated carbocycles. The van der Waals surface area contributed by atoms with Gasteiger partial charge in [-0.1, -0.05) is 11.6 Å². The molecule has 0 aliphatic carbocycles. The molecule has 1 rings (SSSR count). The lowest BCUT2D eigenvalue weighted by Crippen LogP contribution is -1.92. The minimum absolute atomic E-state index is 0.0189. The van der Waals surface area contributed by atoms with E-state index in [9.17, 15) is 8.96 Å². The van der Waals surface area contributed by atoms with Crippen molar-refractivity contribution in [3.05, 3.63) is 29.0 Å². The second-order valence-electron chi connectivity index (χ2n) is 2.95. The number of rotatable bonds is 6. The quantitative estimate of drug-likeness (QED) is 0.710. The average molecular weight is 299 g/mol. The number of benzene rings is 1. The van der Waals surface area contributed by atoms with E-state index in [1.165, 1.54) is 18.2 Å². The first-order valence-corrected chi connectivity index (χ1v) is 8.38. The van der Waals surface area contributed by atoms with E-state index in [2.05, 4.69) is 0 Å². The van der Waals surface area contributed by atoms with Gasteiger partial charge in [-0.15, -0.1) is 0 Å². The molecule has 0 heterocycles. The molecule has 1 aromatic carbocycles. The molecule has 0 amide bonds. The van der Waals surface area contributed by atoms with Crippen LogP contribution in [0.25, 0.3) is 0 Å². The minimum Gasteiger partial charge on any atom is -0.301 e. The molecule has 0 bridgehead atoms. The van der Waals surface area contributed by atoms with Crippen LogP contribution >= 0.6 is 29.8 Å². The predicted octanol–water partition coefficient (Wildman–Crippen LogP) is 4.75. The molecule has 1 aromatic rings. The maximum atomic E-state index is 13.0. The molecular formula is C10H13ClFO3PS. The van der Waals surface area contributed by atoms with Crippen LogP contribution < -0.4 is 0 Å². The topological polar surface area (TPSA) is 35.5 Å². The lowest BCUT2D eigenvalue weighted by molar-refractivity contribution is 0.237. The van der Waals surface area contributed by atoms with Crippen molar-refractivity contribution < 1.29 is 18.0 Å². The molecule has 0 N–H and O–H groups in total. The third kappa shape index (κ3) is 4.60. The van der Waals surface area contributed by atoms with Crippen LogP contribution in [0, 0.1) is 5.82 Å². The van der Waals surface area contributed by atoms with Gasteiger partial charge in [0, 0.05) is 4.90 Å². The molecule has 0 fully saturated rings. The van der Waals surface area contributed by atoms with Crippen LogP contribution in [0.3, 0.4) is 0 Å². The number of halogens is 2. The van der Waals surface area contributed by atoms with Gasteiger partial charge in [0.05, 0.1) is 18.2 Å². The molecular weight excluding hydrogens is 286 g/mol. The van der Waals surface area contributed by atoms with Crippen LogP contribution in [0.4, 0.5) is 4.39 Å². The van der Waals surface area contributed by atoms with Crippen molar-refractivity contribution in [2.45, 2.75) is 18.7 Å². The van der Waals surface area contributed by atoms with Gasteiger partial charge >= 0.3 is 6.80 Å². The Morgan fingerprint density at radius 1 is 1.35 bits per heavy atom. The molecule has 0 aliphatic rings. The van der Waals surface area contributed by atoms with Crippen molar-refractivity contribution in [2.75, 3.05) is 13.2 Å². The molecule has 0 spiro atoms. The fourth-order valence-electron chi connectivity index (χ4n) is 1.07. The number of hydrogen-bond acceptors (Lipinski definition) is 4. The van der Waals surface area contributed by atoms with Crippen molar-refractivity contribution in [1.82, 2.24) is 0 Å². The van der Waals surface area contributed by atoms with Gasteiger partial charge < -0.3 is 9.05 Å². The van der Waals surface area contributed by atoms with E-state index < -0.39 is 12.6 Å². The Bertz CT molecular complexity index is 420. The highest BCUT2D eigenvalue weighted by Crippen LogP contribution is 2.63. The zero-order valence-corrected chi connectivity index (χ0v) is 11.9. The summed E-state index contributed by atoms with van der Waals surface area (Å²) in [4.78, 5) is 0.543. The van der Waals surface area contributed by atoms with Gasteiger partial charge in [-0.2, -0.15) is 0 Å². The van der Waals surface area contributed by atoms with Crippen LogP contribution in [-0.4, -0.2) is 13.2 Å². The third-order valence-corrected chi connectivity index (χ3v) is 5.75. The maximum Gasteiger partial charge on any atom is 0.393 e. The van der Waals surface area contributed by atoms with E-state index in [4.69, 9.17) is 20.6 Å². The SMILES string of the molecule is CCOP(=O)(OCC)Sc1ccc(F)c(Cl)c1. The van der Waals surface area contributed by atoms with E-state index in [0.29, 0.717) is 4.90 Å². The molecule has 17 heavy (non-hydrogen) atoms. The summed E-state index contributed by atoms with van der Waals surface area (Å²) < 4.78 is 35.3. The summed E-state index contributed by atoms with van der Waals surface area (Å²) in [5.41, 5.74) is 0. The van der Waals surface area contributed by atoms with Gasteiger partial charge in [-0.25, -0.2) is 8.96 Å². The van der Waals surface area contributed by atoms with Crippen molar-refractivity contribution >= 4 is 29.8 Å². The molecule has 0 unspecified atom stereocenters. The summed E-state index contributed by atoms with van der Waals surface area (Å²) in [6.45, 7) is 0.765. The smallest absolute Gasteiger partial charge is 0.301 e. The molecule has 7 heteroatoms. The standard InChI is InChI=1S/C10H13ClFO3PS/c1-3-14-16(13,15-4-2)17-8-5-6-10(12)9(11)7-8/h5-7H,3-4H2,1-2H3. The van der Waals surface area contributed by atoms with Gasteiger partial charge in [0.25, 0.3) is 0 Å². The fourth-order valence-corrected chi connectivity index (χ4v) is 4.75. The molecule has 0 saturated heterocycles. The predicted molar refractivity (Wildman–Crippen MR) is 68.1 cm³/mol. The normalized spacial score (nSPS) is 11.8. The Labute approximate surface area is 109 Å². The van der Waals surface area contributed by atoms with E-state index in [1.807, 2.05) is 0 Å². The Balaban J connectivity index is 2.86. The summed E-state index contributed by atoms with van der Waals surface area (Å²) in [6.07, 6.45) is 0. The zero-order valence-electron chi connectivity index (χ0n) is 9.48. The summed E-state index contributed by atoms with van der Waals surface area (Å²) in [5, 5.41) is -0.0189. The number of hydrogen-bond donors (Lipinski definition) is 0. The average Bonchev–Trinajstić information content (AvgIpc) is 2.24. The fraction of sp³-hybridized carbons (Fsp3) is 0.400. The Hall–Kier alpha value is -0.0600. The van der Waals surface area contributed by atoms with E-state index in [1.54, 1.807) is 13.8 Å². The first kappa shape index (κ1) is 15.0. The molecule has 96 valence electrons. The highest BCUT2D eigenvalue weighted by Gasteiger charge is 2.25. The Morgan fingerprint density at radius 3 is 2.41 bits per heavy atom. The zero-order chi connectivity index (χ0) is 12.9. The summed E-state index contributed by atoms with van der Waals surface area (Å²) in [6, 6.07) is 4.09. The van der Waals surface area contributed by atoms with Crippen LogP contribution in [-0.2, 0) is 13.6 Å². The van der Waals surface area contributed by atoms with Gasteiger partial charge in [-0.3, -0.25) is 0 Å². The van der Waals surface area contributed by atoms with Crippen molar-refractivity contribution in [3.63, 3.8) is 0 Å². The third-order valence-electron chi connectivity index (χ3n) is 1.68. The monoisotopic (exact) mass is 298 g/mol.